The van der Waals surface area contributed by atoms with Crippen LogP contribution in [0.3, 0.4) is 0 Å². The van der Waals surface area contributed by atoms with Crippen molar-refractivity contribution in [2.75, 3.05) is 6.61 Å². The number of ether oxygens (including phenoxy) is 3. The topological polar surface area (TPSA) is 54.0 Å². The van der Waals surface area contributed by atoms with Crippen LogP contribution in [-0.4, -0.2) is 45.0 Å². The van der Waals surface area contributed by atoms with E-state index in [1.165, 1.54) is 0 Å². The molecule has 0 saturated carbocycles. The molecule has 0 aliphatic carbocycles. The maximum Gasteiger partial charge on any atom is 0.311 e. The van der Waals surface area contributed by atoms with E-state index in [1.807, 2.05) is 34.6 Å². The van der Waals surface area contributed by atoms with Gasteiger partial charge in [-0.3, -0.25) is 4.79 Å². The molecule has 1 unspecified atom stereocenters. The lowest BCUT2D eigenvalue weighted by molar-refractivity contribution is -0.165. The molecule has 1 aliphatic heterocycles. The van der Waals surface area contributed by atoms with E-state index in [1.54, 1.807) is 0 Å². The quantitative estimate of drug-likeness (QED) is 0.300. The third-order valence-corrected chi connectivity index (χ3v) is 10.2. The third-order valence-electron chi connectivity index (χ3n) is 5.66. The van der Waals surface area contributed by atoms with E-state index in [9.17, 15) is 4.79 Å². The zero-order chi connectivity index (χ0) is 22.7. The number of hydrogen-bond donors (Lipinski definition) is 0. The van der Waals surface area contributed by atoms with Crippen LogP contribution in [0.2, 0.25) is 18.1 Å². The van der Waals surface area contributed by atoms with Crippen LogP contribution in [-0.2, 0) is 23.4 Å². The Hall–Kier alpha value is -0.873. The van der Waals surface area contributed by atoms with E-state index < -0.39 is 19.5 Å². The fourth-order valence-corrected chi connectivity index (χ4v) is 4.33. The van der Waals surface area contributed by atoms with Gasteiger partial charge in [0.2, 0.25) is 0 Å². The van der Waals surface area contributed by atoms with Crippen LogP contribution >= 0.6 is 0 Å². The minimum Gasteiger partial charge on any atom is -0.462 e. The molecule has 3 atom stereocenters. The molecule has 0 aromatic heterocycles. The molecule has 1 saturated heterocycles. The van der Waals surface area contributed by atoms with E-state index in [4.69, 9.17) is 25.1 Å². The zero-order valence-corrected chi connectivity index (χ0v) is 21.2. The Balaban J connectivity index is 2.75. The van der Waals surface area contributed by atoms with Gasteiger partial charge in [0.05, 0.1) is 17.6 Å². The summed E-state index contributed by atoms with van der Waals surface area (Å²) in [5.41, 5.74) is -0.542. The fourth-order valence-electron chi connectivity index (χ4n) is 2.95. The highest BCUT2D eigenvalue weighted by atomic mass is 28.4. The number of carbonyl (C=O) groups excluding carboxylic acids is 1. The number of esters is 1. The molecule has 1 aliphatic rings. The molecular formula is C23H42O5Si. The Kier molecular flexibility index (Phi) is 8.58. The van der Waals surface area contributed by atoms with Crippen molar-refractivity contribution in [3.05, 3.63) is 0 Å². The first-order valence-electron chi connectivity index (χ1n) is 10.6. The maximum atomic E-state index is 12.1. The minimum atomic E-state index is -1.92. The van der Waals surface area contributed by atoms with Crippen LogP contribution in [0.5, 0.6) is 0 Å². The Morgan fingerprint density at radius 1 is 1.14 bits per heavy atom. The summed E-state index contributed by atoms with van der Waals surface area (Å²) >= 11 is 0. The molecule has 5 nitrogen and oxygen atoms in total. The predicted molar refractivity (Wildman–Crippen MR) is 119 cm³/mol. The van der Waals surface area contributed by atoms with Gasteiger partial charge in [-0.25, -0.2) is 0 Å². The van der Waals surface area contributed by atoms with Gasteiger partial charge in [-0.05, 0) is 65.6 Å². The van der Waals surface area contributed by atoms with Gasteiger partial charge >= 0.3 is 5.97 Å². The summed E-state index contributed by atoms with van der Waals surface area (Å²) in [6, 6.07) is 0. The van der Waals surface area contributed by atoms with Gasteiger partial charge in [0, 0.05) is 6.42 Å². The lowest BCUT2D eigenvalue weighted by Crippen LogP contribution is -2.44. The third kappa shape index (κ3) is 8.05. The average Bonchev–Trinajstić information content (AvgIpc) is 2.82. The summed E-state index contributed by atoms with van der Waals surface area (Å²) in [5, 5.41) is 0.124. The van der Waals surface area contributed by atoms with Crippen molar-refractivity contribution in [1.29, 1.82) is 0 Å². The van der Waals surface area contributed by atoms with E-state index >= 15 is 0 Å². The summed E-state index contributed by atoms with van der Waals surface area (Å²) < 4.78 is 24.1. The molecule has 0 bridgehead atoms. The maximum absolute atomic E-state index is 12.1. The Bertz CT molecular complexity index is 592. The summed E-state index contributed by atoms with van der Waals surface area (Å²) in [4.78, 5) is 12.1. The second kappa shape index (κ2) is 9.51. The van der Waals surface area contributed by atoms with E-state index in [2.05, 4.69) is 39.8 Å². The van der Waals surface area contributed by atoms with Gasteiger partial charge in [0.25, 0.3) is 0 Å². The molecule has 1 heterocycles. The molecule has 168 valence electrons. The monoisotopic (exact) mass is 426 g/mol. The zero-order valence-electron chi connectivity index (χ0n) is 20.2. The second-order valence-electron chi connectivity index (χ2n) is 11.0. The van der Waals surface area contributed by atoms with Crippen LogP contribution in [0, 0.1) is 17.8 Å². The second-order valence-corrected chi connectivity index (χ2v) is 15.8. The van der Waals surface area contributed by atoms with Crippen molar-refractivity contribution in [3.63, 3.8) is 0 Å². The molecule has 0 aromatic carbocycles. The highest BCUT2D eigenvalue weighted by molar-refractivity contribution is 6.74. The Labute approximate surface area is 179 Å². The standard InChI is InChI=1S/C23H42O5Si/c1-12-13-17(28-29(10,11)22(5,6)7)14-15-18-19(27-23(8,9)26-18)16-25-20(24)21(2,3)4/h1,17-19H,13-16H2,2-11H3/t17?,18-,19+/m0/s1. The highest BCUT2D eigenvalue weighted by Crippen LogP contribution is 2.39. The summed E-state index contributed by atoms with van der Waals surface area (Å²) in [5.74, 6) is 1.81. The highest BCUT2D eigenvalue weighted by Gasteiger charge is 2.43. The lowest BCUT2D eigenvalue weighted by atomic mass is 9.97. The first-order valence-corrected chi connectivity index (χ1v) is 13.5. The van der Waals surface area contributed by atoms with Crippen LogP contribution in [0.15, 0.2) is 0 Å². The Morgan fingerprint density at radius 2 is 1.69 bits per heavy atom. The van der Waals surface area contributed by atoms with Gasteiger partial charge in [-0.1, -0.05) is 20.8 Å². The molecular weight excluding hydrogens is 384 g/mol. The van der Waals surface area contributed by atoms with Crippen molar-refractivity contribution < 1.29 is 23.4 Å². The smallest absolute Gasteiger partial charge is 0.311 e. The SMILES string of the molecule is C#CCC(CC[C@@H]1OC(C)(C)O[C@@H]1COC(=O)C(C)(C)C)O[Si](C)(C)C(C)(C)C. The van der Waals surface area contributed by atoms with Crippen LogP contribution in [0.4, 0.5) is 0 Å². The van der Waals surface area contributed by atoms with Crippen LogP contribution in [0.25, 0.3) is 0 Å². The average molecular weight is 427 g/mol. The lowest BCUT2D eigenvalue weighted by Gasteiger charge is -2.39. The number of rotatable bonds is 8. The molecule has 0 aromatic rings. The van der Waals surface area contributed by atoms with Gasteiger partial charge in [-0.2, -0.15) is 0 Å². The number of carbonyl (C=O) groups is 1. The summed E-state index contributed by atoms with van der Waals surface area (Å²) in [6.45, 7) is 20.6. The van der Waals surface area contributed by atoms with Crippen molar-refractivity contribution >= 4 is 14.3 Å². The molecule has 0 radical (unpaired) electrons. The molecule has 0 spiro atoms. The van der Waals surface area contributed by atoms with Crippen LogP contribution < -0.4 is 0 Å². The normalized spacial score (nSPS) is 23.5. The van der Waals surface area contributed by atoms with Crippen LogP contribution in [0.1, 0.15) is 74.7 Å². The minimum absolute atomic E-state index is 0.00835. The molecule has 1 fully saturated rings. The van der Waals surface area contributed by atoms with Gasteiger partial charge in [0.15, 0.2) is 14.1 Å². The first kappa shape index (κ1) is 26.2. The van der Waals surface area contributed by atoms with Crippen molar-refractivity contribution in [1.82, 2.24) is 0 Å². The molecule has 6 heteroatoms. The Morgan fingerprint density at radius 3 is 2.17 bits per heavy atom. The number of terminal acetylenes is 1. The molecule has 1 rings (SSSR count). The molecule has 29 heavy (non-hydrogen) atoms. The van der Waals surface area contributed by atoms with E-state index in [0.29, 0.717) is 6.42 Å². The van der Waals surface area contributed by atoms with Gasteiger partial charge < -0.3 is 18.6 Å². The molecule has 0 N–H and O–H groups in total. The van der Waals surface area contributed by atoms with Gasteiger partial charge in [-0.15, -0.1) is 12.3 Å². The van der Waals surface area contributed by atoms with Crippen molar-refractivity contribution in [2.24, 2.45) is 5.41 Å². The molecule has 0 amide bonds. The van der Waals surface area contributed by atoms with Crippen molar-refractivity contribution in [3.8, 4) is 12.3 Å². The largest absolute Gasteiger partial charge is 0.462 e. The first-order chi connectivity index (χ1) is 13.0. The summed E-state index contributed by atoms with van der Waals surface area (Å²) in [7, 11) is -1.92. The fraction of sp³-hybridized carbons (Fsp3) is 0.870. The van der Waals surface area contributed by atoms with E-state index in [-0.39, 0.29) is 35.9 Å². The predicted octanol–water partition coefficient (Wildman–Crippen LogP) is 5.29. The van der Waals surface area contributed by atoms with Gasteiger partial charge in [0.1, 0.15) is 12.7 Å². The number of hydrogen-bond acceptors (Lipinski definition) is 5. The summed E-state index contributed by atoms with van der Waals surface area (Å²) in [6.07, 6.45) is 7.23. The van der Waals surface area contributed by atoms with Crippen molar-refractivity contribution in [2.45, 2.75) is 117 Å². The van der Waals surface area contributed by atoms with E-state index in [0.717, 1.165) is 12.8 Å².